The molecule has 10 heteroatoms. The van der Waals surface area contributed by atoms with Gasteiger partial charge in [-0.15, -0.1) is 0 Å². The fourth-order valence-corrected chi connectivity index (χ4v) is 3.39. The third-order valence-electron chi connectivity index (χ3n) is 4.84. The Balaban J connectivity index is 1.44. The maximum atomic E-state index is 13.7. The summed E-state index contributed by atoms with van der Waals surface area (Å²) in [6.45, 7) is 1.43. The molecule has 164 valence electrons. The van der Waals surface area contributed by atoms with E-state index in [0.29, 0.717) is 28.4 Å². The third-order valence-corrected chi connectivity index (χ3v) is 4.84. The molecule has 0 spiro atoms. The highest BCUT2D eigenvalue weighted by molar-refractivity contribution is 5.92. The molecule has 1 amide bonds. The summed E-state index contributed by atoms with van der Waals surface area (Å²) in [5.41, 5.74) is 2.12. The number of hydrogen-bond acceptors (Lipinski definition) is 6. The molecular weight excluding hydrogens is 425 g/mol. The molecule has 0 bridgehead atoms. The van der Waals surface area contributed by atoms with E-state index >= 15 is 0 Å². The number of hydrogen-bond donors (Lipinski definition) is 1. The smallest absolute Gasteiger partial charge is 0.263 e. The van der Waals surface area contributed by atoms with Gasteiger partial charge in [-0.25, -0.2) is 19.0 Å². The lowest BCUT2D eigenvalue weighted by Crippen LogP contribution is -2.22. The molecular formula is C23H18FN7O2. The van der Waals surface area contributed by atoms with E-state index in [0.717, 1.165) is 5.69 Å². The molecule has 5 rings (SSSR count). The van der Waals surface area contributed by atoms with Crippen molar-refractivity contribution < 1.29 is 13.9 Å². The van der Waals surface area contributed by atoms with Gasteiger partial charge in [0.25, 0.3) is 5.91 Å². The fraction of sp³-hybridized carbons (Fsp3) is 0.0870. The van der Waals surface area contributed by atoms with E-state index in [-0.39, 0.29) is 12.4 Å². The van der Waals surface area contributed by atoms with Crippen LogP contribution in [0.5, 0.6) is 5.75 Å². The lowest BCUT2D eigenvalue weighted by Gasteiger charge is -2.10. The van der Waals surface area contributed by atoms with Gasteiger partial charge in [-0.05, 0) is 31.2 Å². The molecule has 0 aliphatic rings. The van der Waals surface area contributed by atoms with Crippen molar-refractivity contribution in [1.82, 2.24) is 29.5 Å². The van der Waals surface area contributed by atoms with Crippen LogP contribution in [0.15, 0.2) is 73.2 Å². The minimum Gasteiger partial charge on any atom is -0.481 e. The molecule has 0 aliphatic carbocycles. The average molecular weight is 443 g/mol. The Bertz CT molecular complexity index is 1450. The zero-order valence-electron chi connectivity index (χ0n) is 17.5. The summed E-state index contributed by atoms with van der Waals surface area (Å²) in [5.74, 6) is -0.152. The lowest BCUT2D eigenvalue weighted by atomic mass is 10.3. The molecule has 0 fully saturated rings. The number of para-hydroxylation sites is 2. The zero-order chi connectivity index (χ0) is 22.8. The summed E-state index contributed by atoms with van der Waals surface area (Å²) in [5, 5.41) is 12.3. The number of amides is 1. The molecule has 3 heterocycles. The number of carbonyl (C=O) groups excluding carboxylic acids is 1. The number of nitrogens with one attached hydrogen (secondary N) is 1. The second-order valence-corrected chi connectivity index (χ2v) is 7.18. The molecule has 0 unspecified atom stereocenters. The van der Waals surface area contributed by atoms with Crippen molar-refractivity contribution >= 4 is 22.8 Å². The molecule has 0 saturated heterocycles. The number of aryl methyl sites for hydroxylation is 1. The Morgan fingerprint density at radius 3 is 2.67 bits per heavy atom. The Labute approximate surface area is 187 Å². The number of benzene rings is 2. The van der Waals surface area contributed by atoms with E-state index in [1.54, 1.807) is 36.0 Å². The fourth-order valence-electron chi connectivity index (χ4n) is 3.39. The van der Waals surface area contributed by atoms with Gasteiger partial charge in [0.15, 0.2) is 29.6 Å². The molecule has 0 saturated carbocycles. The first-order valence-corrected chi connectivity index (χ1v) is 10.1. The molecule has 5 aromatic rings. The highest BCUT2D eigenvalue weighted by Gasteiger charge is 2.18. The van der Waals surface area contributed by atoms with Crippen LogP contribution in [0.25, 0.3) is 22.5 Å². The van der Waals surface area contributed by atoms with Crippen molar-refractivity contribution in [2.24, 2.45) is 0 Å². The number of halogens is 1. The molecule has 2 aromatic carbocycles. The van der Waals surface area contributed by atoms with Gasteiger partial charge in [-0.2, -0.15) is 14.9 Å². The van der Waals surface area contributed by atoms with Gasteiger partial charge in [-0.1, -0.05) is 30.3 Å². The van der Waals surface area contributed by atoms with Crippen LogP contribution < -0.4 is 10.1 Å². The SMILES string of the molecule is Cc1cc(NC(=O)COc2ccccc2F)n(-c2ncnc3c2cnn3-c2ccccc2)n1. The van der Waals surface area contributed by atoms with Crippen LogP contribution in [0.1, 0.15) is 5.69 Å². The summed E-state index contributed by atoms with van der Waals surface area (Å²) in [6.07, 6.45) is 3.07. The Kier molecular flexibility index (Phi) is 5.23. The van der Waals surface area contributed by atoms with Gasteiger partial charge in [0.2, 0.25) is 0 Å². The van der Waals surface area contributed by atoms with E-state index in [1.165, 1.54) is 23.1 Å². The van der Waals surface area contributed by atoms with Crippen molar-refractivity contribution in [3.63, 3.8) is 0 Å². The molecule has 0 aliphatic heterocycles. The number of carbonyl (C=O) groups is 1. The monoisotopic (exact) mass is 443 g/mol. The lowest BCUT2D eigenvalue weighted by molar-refractivity contribution is -0.118. The summed E-state index contributed by atoms with van der Waals surface area (Å²) in [6, 6.07) is 17.2. The average Bonchev–Trinajstić information content (AvgIpc) is 3.42. The van der Waals surface area contributed by atoms with Crippen LogP contribution in [0.2, 0.25) is 0 Å². The van der Waals surface area contributed by atoms with Gasteiger partial charge < -0.3 is 10.1 Å². The predicted molar refractivity (Wildman–Crippen MR) is 119 cm³/mol. The number of anilines is 1. The van der Waals surface area contributed by atoms with Crippen molar-refractivity contribution in [2.75, 3.05) is 11.9 Å². The maximum Gasteiger partial charge on any atom is 0.263 e. The minimum absolute atomic E-state index is 0.00294. The topological polar surface area (TPSA) is 99.7 Å². The largest absolute Gasteiger partial charge is 0.481 e. The standard InChI is InChI=1S/C23H18FN7O2/c1-15-11-20(28-21(32)13-33-19-10-6-5-9-18(19)24)31(29-15)23-17-12-27-30(22(17)25-14-26-23)16-7-3-2-4-8-16/h2-12,14H,13H2,1H3,(H,28,32). The Morgan fingerprint density at radius 2 is 1.85 bits per heavy atom. The highest BCUT2D eigenvalue weighted by atomic mass is 19.1. The van der Waals surface area contributed by atoms with Crippen molar-refractivity contribution in [3.05, 3.63) is 84.7 Å². The number of nitrogens with zero attached hydrogens (tertiary/aromatic N) is 6. The molecule has 1 N–H and O–H groups in total. The summed E-state index contributed by atoms with van der Waals surface area (Å²) in [4.78, 5) is 21.2. The first-order valence-electron chi connectivity index (χ1n) is 10.1. The van der Waals surface area contributed by atoms with Crippen LogP contribution in [-0.2, 0) is 4.79 Å². The third kappa shape index (κ3) is 4.01. The van der Waals surface area contributed by atoms with Crippen LogP contribution in [0.4, 0.5) is 10.2 Å². The predicted octanol–water partition coefficient (Wildman–Crippen LogP) is 3.47. The van der Waals surface area contributed by atoms with Gasteiger partial charge in [0.05, 0.1) is 23.0 Å². The first kappa shape index (κ1) is 20.3. The quantitative estimate of drug-likeness (QED) is 0.431. The van der Waals surface area contributed by atoms with Gasteiger partial charge >= 0.3 is 0 Å². The number of fused-ring (bicyclic) bond motifs is 1. The van der Waals surface area contributed by atoms with E-state index in [1.807, 2.05) is 30.3 Å². The van der Waals surface area contributed by atoms with Gasteiger partial charge in [0, 0.05) is 6.07 Å². The molecule has 33 heavy (non-hydrogen) atoms. The Hall–Kier alpha value is -4.60. The van der Waals surface area contributed by atoms with Gasteiger partial charge in [0.1, 0.15) is 12.1 Å². The molecule has 9 nitrogen and oxygen atoms in total. The first-order chi connectivity index (χ1) is 16.1. The number of ether oxygens (including phenoxy) is 1. The normalized spacial score (nSPS) is 11.0. The highest BCUT2D eigenvalue weighted by Crippen LogP contribution is 2.24. The molecule has 0 radical (unpaired) electrons. The molecule has 3 aromatic heterocycles. The number of aromatic nitrogens is 6. The minimum atomic E-state index is -0.537. The second-order valence-electron chi connectivity index (χ2n) is 7.18. The zero-order valence-corrected chi connectivity index (χ0v) is 17.5. The summed E-state index contributed by atoms with van der Waals surface area (Å²) < 4.78 is 22.2. The van der Waals surface area contributed by atoms with Crippen molar-refractivity contribution in [1.29, 1.82) is 0 Å². The van der Waals surface area contributed by atoms with E-state index in [4.69, 9.17) is 4.74 Å². The van der Waals surface area contributed by atoms with Crippen molar-refractivity contribution in [3.8, 4) is 17.3 Å². The molecule has 0 atom stereocenters. The maximum absolute atomic E-state index is 13.7. The summed E-state index contributed by atoms with van der Waals surface area (Å²) in [7, 11) is 0. The second kappa shape index (κ2) is 8.50. The van der Waals surface area contributed by atoms with Crippen LogP contribution in [0.3, 0.4) is 0 Å². The van der Waals surface area contributed by atoms with E-state index in [2.05, 4.69) is 25.5 Å². The number of rotatable bonds is 6. The van der Waals surface area contributed by atoms with Crippen LogP contribution >= 0.6 is 0 Å². The summed E-state index contributed by atoms with van der Waals surface area (Å²) >= 11 is 0. The van der Waals surface area contributed by atoms with Crippen LogP contribution in [-0.4, -0.2) is 42.0 Å². The van der Waals surface area contributed by atoms with E-state index in [9.17, 15) is 9.18 Å². The van der Waals surface area contributed by atoms with Crippen LogP contribution in [0, 0.1) is 12.7 Å². The van der Waals surface area contributed by atoms with E-state index < -0.39 is 11.7 Å². The van der Waals surface area contributed by atoms with Gasteiger partial charge in [-0.3, -0.25) is 4.79 Å². The Morgan fingerprint density at radius 1 is 1.06 bits per heavy atom. The van der Waals surface area contributed by atoms with Crippen molar-refractivity contribution in [2.45, 2.75) is 6.92 Å².